The molecule has 1 unspecified atom stereocenters. The third-order valence-electron chi connectivity index (χ3n) is 4.63. The van der Waals surface area contributed by atoms with E-state index in [9.17, 15) is 0 Å². The standard InChI is InChI=1S/C17H36N4O2/c1-5-15(6-2)16(21-9-12-23-13-10-21)14-20-17(18-3)19-8-7-11-22-4/h15-16H,5-14H2,1-4H3,(H2,18,19,20). The predicted octanol–water partition coefficient (Wildman–Crippen LogP) is 1.32. The summed E-state index contributed by atoms with van der Waals surface area (Å²) in [7, 11) is 3.56. The van der Waals surface area contributed by atoms with Crippen LogP contribution in [0.3, 0.4) is 0 Å². The minimum absolute atomic E-state index is 0.534. The Morgan fingerprint density at radius 1 is 1.22 bits per heavy atom. The average molecular weight is 329 g/mol. The van der Waals surface area contributed by atoms with Crippen LogP contribution in [0.15, 0.2) is 4.99 Å². The number of morpholine rings is 1. The van der Waals surface area contributed by atoms with E-state index < -0.39 is 0 Å². The lowest BCUT2D eigenvalue weighted by atomic mass is 9.92. The van der Waals surface area contributed by atoms with Gasteiger partial charge in [-0.1, -0.05) is 26.7 Å². The second-order valence-electron chi connectivity index (χ2n) is 6.02. The van der Waals surface area contributed by atoms with Crippen LogP contribution in [0.1, 0.15) is 33.1 Å². The van der Waals surface area contributed by atoms with Gasteiger partial charge in [-0.15, -0.1) is 0 Å². The van der Waals surface area contributed by atoms with Gasteiger partial charge in [-0.05, 0) is 12.3 Å². The highest BCUT2D eigenvalue weighted by Crippen LogP contribution is 2.19. The van der Waals surface area contributed by atoms with Gasteiger partial charge in [0.05, 0.1) is 13.2 Å². The summed E-state index contributed by atoms with van der Waals surface area (Å²) in [5.41, 5.74) is 0. The Labute approximate surface area is 142 Å². The molecule has 1 heterocycles. The molecule has 1 fully saturated rings. The van der Waals surface area contributed by atoms with Crippen LogP contribution in [0.2, 0.25) is 0 Å². The van der Waals surface area contributed by atoms with Gasteiger partial charge in [0.25, 0.3) is 0 Å². The van der Waals surface area contributed by atoms with Crippen LogP contribution in [0, 0.1) is 5.92 Å². The summed E-state index contributed by atoms with van der Waals surface area (Å²) in [6.07, 6.45) is 3.40. The lowest BCUT2D eigenvalue weighted by Crippen LogP contribution is -2.53. The molecule has 0 spiro atoms. The van der Waals surface area contributed by atoms with Crippen molar-refractivity contribution in [3.05, 3.63) is 0 Å². The van der Waals surface area contributed by atoms with Crippen LogP contribution in [0.25, 0.3) is 0 Å². The molecule has 0 amide bonds. The number of aliphatic imine (C=N–C) groups is 1. The molecule has 1 aliphatic heterocycles. The first-order valence-corrected chi connectivity index (χ1v) is 9.02. The fourth-order valence-electron chi connectivity index (χ4n) is 3.18. The van der Waals surface area contributed by atoms with E-state index in [0.29, 0.717) is 12.0 Å². The SMILES string of the molecule is CCC(CC)C(CNC(=NC)NCCCOC)N1CCOCC1. The smallest absolute Gasteiger partial charge is 0.191 e. The van der Waals surface area contributed by atoms with Crippen molar-refractivity contribution in [2.24, 2.45) is 10.9 Å². The molecule has 0 aromatic carbocycles. The summed E-state index contributed by atoms with van der Waals surface area (Å²) >= 11 is 0. The van der Waals surface area contributed by atoms with E-state index in [4.69, 9.17) is 9.47 Å². The monoisotopic (exact) mass is 328 g/mol. The van der Waals surface area contributed by atoms with Crippen LogP contribution in [0.5, 0.6) is 0 Å². The van der Waals surface area contributed by atoms with Gasteiger partial charge in [0.2, 0.25) is 0 Å². The van der Waals surface area contributed by atoms with Gasteiger partial charge in [0.15, 0.2) is 5.96 Å². The normalized spacial score (nSPS) is 18.2. The van der Waals surface area contributed by atoms with Gasteiger partial charge in [0, 0.05) is 53.0 Å². The van der Waals surface area contributed by atoms with Gasteiger partial charge < -0.3 is 20.1 Å². The zero-order valence-corrected chi connectivity index (χ0v) is 15.4. The third kappa shape index (κ3) is 7.50. The van der Waals surface area contributed by atoms with Crippen LogP contribution in [0.4, 0.5) is 0 Å². The third-order valence-corrected chi connectivity index (χ3v) is 4.63. The van der Waals surface area contributed by atoms with E-state index in [1.54, 1.807) is 7.11 Å². The molecule has 136 valence electrons. The molecule has 2 N–H and O–H groups in total. The first-order valence-electron chi connectivity index (χ1n) is 9.02. The van der Waals surface area contributed by atoms with Gasteiger partial charge in [-0.2, -0.15) is 0 Å². The molecule has 1 saturated heterocycles. The van der Waals surface area contributed by atoms with Gasteiger partial charge in [-0.3, -0.25) is 9.89 Å². The zero-order valence-electron chi connectivity index (χ0n) is 15.4. The highest BCUT2D eigenvalue weighted by molar-refractivity contribution is 5.79. The molecule has 6 heteroatoms. The first-order chi connectivity index (χ1) is 11.3. The fraction of sp³-hybridized carbons (Fsp3) is 0.941. The Kier molecular flexibility index (Phi) is 11.0. The molecule has 0 aromatic rings. The fourth-order valence-corrected chi connectivity index (χ4v) is 3.18. The first kappa shape index (κ1) is 20.2. The van der Waals surface area contributed by atoms with E-state index in [1.165, 1.54) is 12.8 Å². The molecule has 0 bridgehead atoms. The zero-order chi connectivity index (χ0) is 16.9. The van der Waals surface area contributed by atoms with Gasteiger partial charge >= 0.3 is 0 Å². The van der Waals surface area contributed by atoms with Crippen LogP contribution >= 0.6 is 0 Å². The quantitative estimate of drug-likeness (QED) is 0.360. The minimum atomic E-state index is 0.534. The number of nitrogens with zero attached hydrogens (tertiary/aromatic N) is 2. The summed E-state index contributed by atoms with van der Waals surface area (Å²) in [6.45, 7) is 10.9. The van der Waals surface area contributed by atoms with Crippen molar-refractivity contribution in [3.63, 3.8) is 0 Å². The molecule has 0 saturated carbocycles. The predicted molar refractivity (Wildman–Crippen MR) is 96.1 cm³/mol. The Morgan fingerprint density at radius 2 is 1.91 bits per heavy atom. The second kappa shape index (κ2) is 12.6. The van der Waals surface area contributed by atoms with E-state index in [1.807, 2.05) is 7.05 Å². The largest absolute Gasteiger partial charge is 0.385 e. The van der Waals surface area contributed by atoms with Crippen molar-refractivity contribution >= 4 is 5.96 Å². The number of nitrogens with one attached hydrogen (secondary N) is 2. The van der Waals surface area contributed by atoms with Gasteiger partial charge in [-0.25, -0.2) is 0 Å². The number of methoxy groups -OCH3 is 1. The van der Waals surface area contributed by atoms with Crippen molar-refractivity contribution in [1.29, 1.82) is 0 Å². The highest BCUT2D eigenvalue weighted by Gasteiger charge is 2.26. The minimum Gasteiger partial charge on any atom is -0.385 e. The molecule has 23 heavy (non-hydrogen) atoms. The lowest BCUT2D eigenvalue weighted by molar-refractivity contribution is 0.00272. The van der Waals surface area contributed by atoms with Crippen molar-refractivity contribution < 1.29 is 9.47 Å². The average Bonchev–Trinajstić information content (AvgIpc) is 2.61. The molecule has 0 aromatic heterocycles. The van der Waals surface area contributed by atoms with Crippen LogP contribution < -0.4 is 10.6 Å². The maximum absolute atomic E-state index is 5.51. The summed E-state index contributed by atoms with van der Waals surface area (Å²) in [4.78, 5) is 6.90. The van der Waals surface area contributed by atoms with Gasteiger partial charge in [0.1, 0.15) is 0 Å². The molecule has 1 atom stereocenters. The van der Waals surface area contributed by atoms with Crippen molar-refractivity contribution in [1.82, 2.24) is 15.5 Å². The Hall–Kier alpha value is -0.850. The lowest BCUT2D eigenvalue weighted by Gasteiger charge is -2.39. The van der Waals surface area contributed by atoms with Crippen molar-refractivity contribution in [3.8, 4) is 0 Å². The number of hydrogen-bond acceptors (Lipinski definition) is 4. The maximum Gasteiger partial charge on any atom is 0.191 e. The topological polar surface area (TPSA) is 58.1 Å². The number of guanidine groups is 1. The van der Waals surface area contributed by atoms with Crippen LogP contribution in [-0.2, 0) is 9.47 Å². The molecular formula is C17H36N4O2. The molecule has 6 nitrogen and oxygen atoms in total. The Bertz CT molecular complexity index is 316. The molecule has 0 radical (unpaired) electrons. The Morgan fingerprint density at radius 3 is 2.48 bits per heavy atom. The maximum atomic E-state index is 5.51. The van der Waals surface area contributed by atoms with Crippen molar-refractivity contribution in [2.45, 2.75) is 39.2 Å². The summed E-state index contributed by atoms with van der Waals surface area (Å²) in [5, 5.41) is 6.86. The number of ether oxygens (including phenoxy) is 2. The van der Waals surface area contributed by atoms with E-state index in [-0.39, 0.29) is 0 Å². The van der Waals surface area contributed by atoms with E-state index >= 15 is 0 Å². The summed E-state index contributed by atoms with van der Waals surface area (Å²) < 4.78 is 10.6. The second-order valence-corrected chi connectivity index (χ2v) is 6.02. The highest BCUT2D eigenvalue weighted by atomic mass is 16.5. The summed E-state index contributed by atoms with van der Waals surface area (Å²) in [5.74, 6) is 1.58. The number of rotatable bonds is 10. The van der Waals surface area contributed by atoms with E-state index in [0.717, 1.165) is 58.4 Å². The molecule has 0 aliphatic carbocycles. The number of hydrogen-bond donors (Lipinski definition) is 2. The van der Waals surface area contributed by atoms with E-state index in [2.05, 4.69) is 34.4 Å². The Balaban J connectivity index is 2.50. The molecule has 1 aliphatic rings. The van der Waals surface area contributed by atoms with Crippen LogP contribution in [-0.4, -0.2) is 77.1 Å². The summed E-state index contributed by atoms with van der Waals surface area (Å²) in [6, 6.07) is 0.534. The molecular weight excluding hydrogens is 292 g/mol. The molecule has 1 rings (SSSR count). The van der Waals surface area contributed by atoms with Crippen molar-refractivity contribution in [2.75, 3.05) is 60.2 Å².